The molecule has 0 fully saturated rings. The maximum absolute atomic E-state index is 13.8. The first-order chi connectivity index (χ1) is 9.18. The number of benzene rings is 1. The molecule has 0 bridgehead atoms. The molecule has 0 atom stereocenters. The van der Waals surface area contributed by atoms with Crippen LogP contribution in [0.4, 0.5) is 4.39 Å². The molecule has 3 heteroatoms. The van der Waals surface area contributed by atoms with Gasteiger partial charge in [0.2, 0.25) is 0 Å². The molecule has 0 saturated heterocycles. The van der Waals surface area contributed by atoms with E-state index in [1.807, 2.05) is 0 Å². The molecule has 2 nitrogen and oxygen atoms in total. The van der Waals surface area contributed by atoms with Crippen LogP contribution >= 0.6 is 0 Å². The van der Waals surface area contributed by atoms with Crippen LogP contribution in [0, 0.1) is 12.7 Å². The summed E-state index contributed by atoms with van der Waals surface area (Å²) in [5, 5.41) is 2.79. The summed E-state index contributed by atoms with van der Waals surface area (Å²) in [7, 11) is 0. The van der Waals surface area contributed by atoms with Crippen molar-refractivity contribution in [1.82, 2.24) is 5.32 Å². The van der Waals surface area contributed by atoms with Gasteiger partial charge in [-0.05, 0) is 50.7 Å². The molecule has 1 aromatic carbocycles. The summed E-state index contributed by atoms with van der Waals surface area (Å²) in [4.78, 5) is 11.9. The van der Waals surface area contributed by atoms with E-state index in [0.29, 0.717) is 12.1 Å². The van der Waals surface area contributed by atoms with E-state index >= 15 is 0 Å². The third kappa shape index (κ3) is 3.66. The lowest BCUT2D eigenvalue weighted by Gasteiger charge is -2.13. The number of hydrogen-bond donors (Lipinski definition) is 1. The summed E-state index contributed by atoms with van der Waals surface area (Å²) in [5.41, 5.74) is 2.05. The number of rotatable bonds is 4. The lowest BCUT2D eigenvalue weighted by Crippen LogP contribution is -2.26. The van der Waals surface area contributed by atoms with Gasteiger partial charge in [-0.25, -0.2) is 4.39 Å². The molecule has 0 spiro atoms. The quantitative estimate of drug-likeness (QED) is 0.822. The summed E-state index contributed by atoms with van der Waals surface area (Å²) >= 11 is 0. The maximum Gasteiger partial charge on any atom is 0.254 e. The van der Waals surface area contributed by atoms with Crippen molar-refractivity contribution in [2.45, 2.75) is 39.0 Å². The predicted molar refractivity (Wildman–Crippen MR) is 74.6 cm³/mol. The Balaban J connectivity index is 1.87. The van der Waals surface area contributed by atoms with Crippen LogP contribution in [0.25, 0.3) is 0 Å². The van der Waals surface area contributed by atoms with Crippen molar-refractivity contribution in [2.24, 2.45) is 0 Å². The van der Waals surface area contributed by atoms with E-state index in [4.69, 9.17) is 0 Å². The molecule has 0 heterocycles. The molecule has 0 radical (unpaired) electrons. The van der Waals surface area contributed by atoms with Crippen molar-refractivity contribution in [3.63, 3.8) is 0 Å². The lowest BCUT2D eigenvalue weighted by atomic mass is 9.97. The smallest absolute Gasteiger partial charge is 0.254 e. The zero-order valence-electron chi connectivity index (χ0n) is 11.3. The number of nitrogens with one attached hydrogen (secondary N) is 1. The zero-order chi connectivity index (χ0) is 13.7. The SMILES string of the molecule is Cc1cccc(C(=O)NCCC2=CCCCC2)c1F. The van der Waals surface area contributed by atoms with Crippen LogP contribution in [0.3, 0.4) is 0 Å². The zero-order valence-corrected chi connectivity index (χ0v) is 11.3. The van der Waals surface area contributed by atoms with E-state index in [-0.39, 0.29) is 11.5 Å². The van der Waals surface area contributed by atoms with E-state index in [1.54, 1.807) is 19.1 Å². The number of aryl methyl sites for hydroxylation is 1. The first-order valence-electron chi connectivity index (χ1n) is 6.89. The summed E-state index contributed by atoms with van der Waals surface area (Å²) in [6.45, 7) is 2.25. The largest absolute Gasteiger partial charge is 0.352 e. The molecule has 1 N–H and O–H groups in total. The Labute approximate surface area is 113 Å². The summed E-state index contributed by atoms with van der Waals surface area (Å²) in [6, 6.07) is 4.90. The number of halogens is 1. The summed E-state index contributed by atoms with van der Waals surface area (Å²) in [6.07, 6.45) is 7.93. The van der Waals surface area contributed by atoms with Gasteiger partial charge in [-0.2, -0.15) is 0 Å². The Morgan fingerprint density at radius 3 is 2.95 bits per heavy atom. The van der Waals surface area contributed by atoms with E-state index in [0.717, 1.165) is 19.3 Å². The molecule has 0 aromatic heterocycles. The Morgan fingerprint density at radius 1 is 1.37 bits per heavy atom. The van der Waals surface area contributed by atoms with E-state index < -0.39 is 5.82 Å². The van der Waals surface area contributed by atoms with Crippen LogP contribution in [-0.2, 0) is 0 Å². The Bertz CT molecular complexity index is 494. The Hall–Kier alpha value is -1.64. The van der Waals surface area contributed by atoms with Crippen LogP contribution in [0.2, 0.25) is 0 Å². The normalized spacial score (nSPS) is 14.9. The standard InChI is InChI=1S/C16H20FNO/c1-12-6-5-9-14(15(12)17)16(19)18-11-10-13-7-3-2-4-8-13/h5-7,9H,2-4,8,10-11H2,1H3,(H,18,19). The molecule has 0 aliphatic heterocycles. The molecule has 19 heavy (non-hydrogen) atoms. The molecule has 1 aliphatic rings. The molecule has 1 aliphatic carbocycles. The fourth-order valence-corrected chi connectivity index (χ4v) is 2.39. The van der Waals surface area contributed by atoms with Gasteiger partial charge in [-0.1, -0.05) is 23.8 Å². The summed E-state index contributed by atoms with van der Waals surface area (Å²) < 4.78 is 13.8. The van der Waals surface area contributed by atoms with Crippen LogP contribution in [0.1, 0.15) is 48.0 Å². The molecule has 1 amide bonds. The number of carbonyl (C=O) groups excluding carboxylic acids is 1. The van der Waals surface area contributed by atoms with Gasteiger partial charge in [0.15, 0.2) is 0 Å². The van der Waals surface area contributed by atoms with Crippen LogP contribution < -0.4 is 5.32 Å². The van der Waals surface area contributed by atoms with E-state index in [9.17, 15) is 9.18 Å². The highest BCUT2D eigenvalue weighted by atomic mass is 19.1. The average Bonchev–Trinajstić information content (AvgIpc) is 2.43. The van der Waals surface area contributed by atoms with Gasteiger partial charge in [0.1, 0.15) is 5.82 Å². The van der Waals surface area contributed by atoms with Crippen LogP contribution in [-0.4, -0.2) is 12.5 Å². The monoisotopic (exact) mass is 261 g/mol. The molecule has 102 valence electrons. The molecule has 2 rings (SSSR count). The minimum atomic E-state index is -0.420. The van der Waals surface area contributed by atoms with Gasteiger partial charge in [-0.15, -0.1) is 0 Å². The van der Waals surface area contributed by atoms with Gasteiger partial charge in [-0.3, -0.25) is 4.79 Å². The van der Waals surface area contributed by atoms with Crippen molar-refractivity contribution in [1.29, 1.82) is 0 Å². The third-order valence-corrected chi connectivity index (χ3v) is 3.55. The highest BCUT2D eigenvalue weighted by molar-refractivity contribution is 5.94. The number of hydrogen-bond acceptors (Lipinski definition) is 1. The highest BCUT2D eigenvalue weighted by Gasteiger charge is 2.12. The van der Waals surface area contributed by atoms with Crippen molar-refractivity contribution < 1.29 is 9.18 Å². The van der Waals surface area contributed by atoms with Gasteiger partial charge >= 0.3 is 0 Å². The Kier molecular flexibility index (Phi) is 4.72. The molecule has 1 aromatic rings. The van der Waals surface area contributed by atoms with Gasteiger partial charge in [0.25, 0.3) is 5.91 Å². The average molecular weight is 261 g/mol. The minimum Gasteiger partial charge on any atom is -0.352 e. The lowest BCUT2D eigenvalue weighted by molar-refractivity contribution is 0.0950. The fraction of sp³-hybridized carbons (Fsp3) is 0.438. The van der Waals surface area contributed by atoms with Crippen LogP contribution in [0.5, 0.6) is 0 Å². The van der Waals surface area contributed by atoms with Crippen molar-refractivity contribution >= 4 is 5.91 Å². The number of allylic oxidation sites excluding steroid dienone is 1. The first kappa shape index (κ1) is 13.8. The number of carbonyl (C=O) groups is 1. The van der Waals surface area contributed by atoms with Crippen molar-refractivity contribution in [2.75, 3.05) is 6.54 Å². The second-order valence-corrected chi connectivity index (χ2v) is 5.05. The maximum atomic E-state index is 13.8. The van der Waals surface area contributed by atoms with E-state index in [2.05, 4.69) is 11.4 Å². The second kappa shape index (κ2) is 6.50. The highest BCUT2D eigenvalue weighted by Crippen LogP contribution is 2.19. The summed E-state index contributed by atoms with van der Waals surface area (Å²) in [5.74, 6) is -0.741. The van der Waals surface area contributed by atoms with E-state index in [1.165, 1.54) is 24.5 Å². The number of amides is 1. The molecular weight excluding hydrogens is 241 g/mol. The topological polar surface area (TPSA) is 29.1 Å². The third-order valence-electron chi connectivity index (χ3n) is 3.55. The second-order valence-electron chi connectivity index (χ2n) is 5.05. The molecular formula is C16H20FNO. The minimum absolute atomic E-state index is 0.137. The van der Waals surface area contributed by atoms with Crippen molar-refractivity contribution in [3.8, 4) is 0 Å². The Morgan fingerprint density at radius 2 is 2.21 bits per heavy atom. The van der Waals surface area contributed by atoms with Crippen LogP contribution in [0.15, 0.2) is 29.8 Å². The molecule has 0 saturated carbocycles. The first-order valence-corrected chi connectivity index (χ1v) is 6.89. The fourth-order valence-electron chi connectivity index (χ4n) is 2.39. The predicted octanol–water partition coefficient (Wildman–Crippen LogP) is 3.75. The molecule has 0 unspecified atom stereocenters. The van der Waals surface area contributed by atoms with Crippen molar-refractivity contribution in [3.05, 3.63) is 46.8 Å². The van der Waals surface area contributed by atoms with Gasteiger partial charge in [0, 0.05) is 6.54 Å². The van der Waals surface area contributed by atoms with Gasteiger partial charge in [0.05, 0.1) is 5.56 Å². The van der Waals surface area contributed by atoms with Gasteiger partial charge < -0.3 is 5.32 Å².